The molecule has 3 rings (SSSR count). The third kappa shape index (κ3) is 6.11. The first-order valence-electron chi connectivity index (χ1n) is 11.3. The number of ether oxygens (including phenoxy) is 5. The minimum absolute atomic E-state index is 0.00780. The smallest absolute Gasteiger partial charge is 0.405 e. The van der Waals surface area contributed by atoms with Crippen molar-refractivity contribution in [3.8, 4) is 0 Å². The van der Waals surface area contributed by atoms with Crippen molar-refractivity contribution in [2.75, 3.05) is 0 Å². The number of alkyl halides is 2. The van der Waals surface area contributed by atoms with Crippen molar-refractivity contribution in [1.29, 1.82) is 0 Å². The number of halogens is 2. The molecule has 36 heavy (non-hydrogen) atoms. The van der Waals surface area contributed by atoms with E-state index in [0.29, 0.717) is 6.92 Å². The molecule has 0 aromatic heterocycles. The second-order valence-corrected chi connectivity index (χ2v) is 11.0. The number of carbonyl (C=O) groups is 4. The van der Waals surface area contributed by atoms with Gasteiger partial charge < -0.3 is 23.7 Å². The van der Waals surface area contributed by atoms with Gasteiger partial charge in [0.05, 0.1) is 25.0 Å². The molecule has 1 N–H and O–H groups in total. The fourth-order valence-corrected chi connectivity index (χ4v) is 4.99. The van der Waals surface area contributed by atoms with E-state index in [0.717, 1.165) is 19.3 Å². The molecule has 0 aliphatic carbocycles. The fraction of sp³-hybridized carbons (Fsp3) is 0.810. The lowest BCUT2D eigenvalue weighted by atomic mass is 9.78. The Bertz CT molecular complexity index is 1010. The summed E-state index contributed by atoms with van der Waals surface area (Å²) in [5, 5.41) is -4.75. The minimum Gasteiger partial charge on any atom is -0.457 e. The number of carbonyl (C=O) groups excluding carboxylic acids is 4. The lowest BCUT2D eigenvalue weighted by Gasteiger charge is -2.35. The highest BCUT2D eigenvalue weighted by Gasteiger charge is 2.53. The van der Waals surface area contributed by atoms with Crippen LogP contribution in [0.25, 0.3) is 0 Å². The Morgan fingerprint density at radius 1 is 1.14 bits per heavy atom. The largest absolute Gasteiger partial charge is 0.457 e. The third-order valence-corrected chi connectivity index (χ3v) is 7.53. The minimum atomic E-state index is -5.83. The molecule has 3 fully saturated rings. The van der Waals surface area contributed by atoms with Crippen molar-refractivity contribution in [2.24, 2.45) is 5.92 Å². The number of hydrogen-bond acceptors (Lipinski definition) is 11. The zero-order valence-electron chi connectivity index (χ0n) is 19.8. The van der Waals surface area contributed by atoms with Crippen molar-refractivity contribution in [1.82, 2.24) is 0 Å². The summed E-state index contributed by atoms with van der Waals surface area (Å²) < 4.78 is 82.3. The van der Waals surface area contributed by atoms with Gasteiger partial charge in [-0.05, 0) is 40.0 Å². The molecule has 0 radical (unpaired) electrons. The summed E-state index contributed by atoms with van der Waals surface area (Å²) in [7, 11) is -5.83. The maximum absolute atomic E-state index is 13.4. The summed E-state index contributed by atoms with van der Waals surface area (Å²) in [6, 6.07) is 0. The molecule has 12 nitrogen and oxygen atoms in total. The molecule has 2 bridgehead atoms. The third-order valence-electron chi connectivity index (χ3n) is 6.51. The zero-order valence-corrected chi connectivity index (χ0v) is 20.6. The number of hydrogen-bond donors (Lipinski definition) is 1. The van der Waals surface area contributed by atoms with Gasteiger partial charge in [0, 0.05) is 12.3 Å². The molecule has 3 aliphatic rings. The molecular weight excluding hydrogens is 514 g/mol. The van der Waals surface area contributed by atoms with Gasteiger partial charge >= 0.3 is 39.2 Å². The number of esters is 4. The Kier molecular flexibility index (Phi) is 7.96. The van der Waals surface area contributed by atoms with E-state index in [2.05, 4.69) is 4.74 Å². The summed E-state index contributed by atoms with van der Waals surface area (Å²) in [6.45, 7) is 4.04. The van der Waals surface area contributed by atoms with Gasteiger partial charge in [-0.2, -0.15) is 17.2 Å². The normalized spacial score (nSPS) is 28.9. The monoisotopic (exact) mass is 542 g/mol. The topological polar surface area (TPSA) is 169 Å². The molecule has 15 heteroatoms. The number of rotatable bonds is 10. The van der Waals surface area contributed by atoms with E-state index in [4.69, 9.17) is 23.5 Å². The van der Waals surface area contributed by atoms with Crippen LogP contribution >= 0.6 is 0 Å². The first kappa shape index (κ1) is 28.2. The Morgan fingerprint density at radius 2 is 1.78 bits per heavy atom. The summed E-state index contributed by atoms with van der Waals surface area (Å²) in [6.07, 6.45) is -4.32. The van der Waals surface area contributed by atoms with Crippen LogP contribution in [-0.4, -0.2) is 78.2 Å². The number of fused-ring (bicyclic) bond motifs is 2. The SMILES string of the molecule is CC(OC(=O)CCC(=O)OC1CC(C(=O)OC(C)(C)C2CC3CCC2O3)OC1=O)C(F)(F)S(=O)(=O)O. The van der Waals surface area contributed by atoms with Crippen LogP contribution in [0, 0.1) is 5.92 Å². The Hall–Kier alpha value is -2.39. The van der Waals surface area contributed by atoms with Crippen molar-refractivity contribution in [2.45, 2.75) is 101 Å². The molecule has 6 atom stereocenters. The van der Waals surface area contributed by atoms with Gasteiger partial charge in [-0.1, -0.05) is 0 Å². The van der Waals surface area contributed by atoms with Crippen LogP contribution in [0.2, 0.25) is 0 Å². The van der Waals surface area contributed by atoms with Crippen LogP contribution in [0.5, 0.6) is 0 Å². The van der Waals surface area contributed by atoms with E-state index in [1.54, 1.807) is 13.8 Å². The molecule has 0 aromatic rings. The predicted octanol–water partition coefficient (Wildman–Crippen LogP) is 1.30. The molecule has 0 aromatic carbocycles. The average Bonchev–Trinajstić information content (AvgIpc) is 3.48. The van der Waals surface area contributed by atoms with Gasteiger partial charge in [0.25, 0.3) is 0 Å². The molecule has 204 valence electrons. The summed E-state index contributed by atoms with van der Waals surface area (Å²) in [4.78, 5) is 48.3. The van der Waals surface area contributed by atoms with Gasteiger partial charge in [-0.3, -0.25) is 14.1 Å². The highest BCUT2D eigenvalue weighted by molar-refractivity contribution is 7.86. The van der Waals surface area contributed by atoms with Crippen molar-refractivity contribution < 1.29 is 64.6 Å². The van der Waals surface area contributed by atoms with Crippen LogP contribution < -0.4 is 0 Å². The first-order valence-corrected chi connectivity index (χ1v) is 12.8. The molecule has 3 aliphatic heterocycles. The lowest BCUT2D eigenvalue weighted by Crippen LogP contribution is -2.43. The van der Waals surface area contributed by atoms with E-state index in [9.17, 15) is 36.4 Å². The van der Waals surface area contributed by atoms with Crippen molar-refractivity contribution >= 4 is 34.0 Å². The summed E-state index contributed by atoms with van der Waals surface area (Å²) >= 11 is 0. The van der Waals surface area contributed by atoms with Gasteiger partial charge in [0.2, 0.25) is 12.2 Å². The van der Waals surface area contributed by atoms with Gasteiger partial charge in [-0.25, -0.2) is 9.59 Å². The van der Waals surface area contributed by atoms with E-state index < -0.39 is 76.0 Å². The average molecular weight is 543 g/mol. The Morgan fingerprint density at radius 3 is 2.33 bits per heavy atom. The van der Waals surface area contributed by atoms with Gasteiger partial charge in [0.1, 0.15) is 5.60 Å². The Labute approximate surface area is 205 Å². The standard InChI is InChI=1S/C21H28F2O12S/c1-10(21(22,23)36(28,29)30)31-16(24)6-7-17(25)33-14-9-15(34-18(14)26)19(27)35-20(2,3)12-8-11-4-5-13(12)32-11/h10-15H,4-9H2,1-3H3,(H,28,29,30). The number of cyclic esters (lactones) is 1. The van der Waals surface area contributed by atoms with Crippen LogP contribution in [-0.2, 0) is 53.0 Å². The van der Waals surface area contributed by atoms with E-state index in [1.165, 1.54) is 0 Å². The second kappa shape index (κ2) is 10.2. The van der Waals surface area contributed by atoms with Crippen LogP contribution in [0.15, 0.2) is 0 Å². The van der Waals surface area contributed by atoms with Crippen molar-refractivity contribution in [3.63, 3.8) is 0 Å². The van der Waals surface area contributed by atoms with E-state index >= 15 is 0 Å². The second-order valence-electron chi connectivity index (χ2n) is 9.55. The van der Waals surface area contributed by atoms with Crippen LogP contribution in [0.1, 0.15) is 59.3 Å². The van der Waals surface area contributed by atoms with E-state index in [-0.39, 0.29) is 24.5 Å². The highest BCUT2D eigenvalue weighted by Crippen LogP contribution is 2.45. The molecule has 0 spiro atoms. The molecule has 0 saturated carbocycles. The van der Waals surface area contributed by atoms with Gasteiger partial charge in [0.15, 0.2) is 6.10 Å². The Balaban J connectivity index is 1.44. The van der Waals surface area contributed by atoms with E-state index in [1.807, 2.05) is 0 Å². The van der Waals surface area contributed by atoms with Crippen molar-refractivity contribution in [3.05, 3.63) is 0 Å². The lowest BCUT2D eigenvalue weighted by molar-refractivity contribution is -0.178. The quantitative estimate of drug-likeness (QED) is 0.239. The molecule has 6 unspecified atom stereocenters. The highest BCUT2D eigenvalue weighted by atomic mass is 32.2. The maximum atomic E-state index is 13.4. The predicted molar refractivity (Wildman–Crippen MR) is 112 cm³/mol. The van der Waals surface area contributed by atoms with Crippen LogP contribution in [0.4, 0.5) is 8.78 Å². The van der Waals surface area contributed by atoms with Gasteiger partial charge in [-0.15, -0.1) is 0 Å². The zero-order chi connectivity index (χ0) is 27.1. The summed E-state index contributed by atoms with van der Waals surface area (Å²) in [5.74, 6) is -4.25. The molecular formula is C21H28F2O12S. The molecule has 3 saturated heterocycles. The van der Waals surface area contributed by atoms with Crippen LogP contribution in [0.3, 0.4) is 0 Å². The molecule has 3 heterocycles. The summed E-state index contributed by atoms with van der Waals surface area (Å²) in [5.41, 5.74) is -0.873. The fourth-order valence-electron chi connectivity index (χ4n) is 4.52. The first-order chi connectivity index (χ1) is 16.5. The maximum Gasteiger partial charge on any atom is 0.405 e. The molecule has 0 amide bonds.